The standard InChI is InChI=1S/C28H34N7O8P/c1-18(27(38)41-20-10-12-34(13-11-20)19(2)36)33-44(39,43-21-6-4-3-5-7-21)40-16-28(15-29)25(37)14-24(42-28)22-8-9-23-26(30)31-17-32-35(22)23/h3-9,17-18,20,24-25,37H,10-14,16H2,1-2H3,(H,33,39)(H2,30,31,32)/t18?,24-,25+,28-,44?/m1/s1. The minimum atomic E-state index is -4.38. The molecule has 4 heterocycles. The number of ether oxygens (including phenoxy) is 2. The summed E-state index contributed by atoms with van der Waals surface area (Å²) in [4.78, 5) is 30.2. The predicted octanol–water partition coefficient (Wildman–Crippen LogP) is 2.13. The number of likely N-dealkylation sites (tertiary alicyclic amines) is 1. The number of aliphatic hydroxyl groups is 1. The van der Waals surface area contributed by atoms with Gasteiger partial charge in [0.25, 0.3) is 0 Å². The largest absolute Gasteiger partial charge is 0.461 e. The molecule has 5 rings (SSSR count). The molecule has 15 nitrogen and oxygen atoms in total. The summed E-state index contributed by atoms with van der Waals surface area (Å²) in [5, 5.41) is 27.9. The zero-order valence-electron chi connectivity index (χ0n) is 24.2. The second-order valence-electron chi connectivity index (χ2n) is 10.7. The minimum absolute atomic E-state index is 0.00931. The third-order valence-electron chi connectivity index (χ3n) is 7.65. The Morgan fingerprint density at radius 1 is 1.27 bits per heavy atom. The zero-order chi connectivity index (χ0) is 31.5. The van der Waals surface area contributed by atoms with Gasteiger partial charge < -0.3 is 29.7 Å². The zero-order valence-corrected chi connectivity index (χ0v) is 25.1. The fourth-order valence-corrected chi connectivity index (χ4v) is 6.69. The Kier molecular flexibility index (Phi) is 9.19. The quantitative estimate of drug-likeness (QED) is 0.218. The number of aliphatic hydroxyl groups excluding tert-OH is 1. The van der Waals surface area contributed by atoms with Gasteiger partial charge in [-0.3, -0.25) is 14.1 Å². The Labute approximate surface area is 253 Å². The number of benzene rings is 1. The van der Waals surface area contributed by atoms with E-state index in [1.807, 2.05) is 6.07 Å². The number of rotatable bonds is 10. The van der Waals surface area contributed by atoms with Crippen LogP contribution < -0.4 is 15.3 Å². The van der Waals surface area contributed by atoms with Gasteiger partial charge in [-0.15, -0.1) is 0 Å². The van der Waals surface area contributed by atoms with Crippen LogP contribution in [0, 0.1) is 11.3 Å². The lowest BCUT2D eigenvalue weighted by molar-refractivity contribution is -0.153. The van der Waals surface area contributed by atoms with Crippen molar-refractivity contribution in [1.82, 2.24) is 24.6 Å². The highest BCUT2D eigenvalue weighted by atomic mass is 31.2. The SMILES string of the molecule is CC(=O)N1CCC(OC(=O)C(C)NP(=O)(OC[C@@]2(C#N)O[C@@H](c3ccc4c(N)ncnn34)C[C@@H]2O)Oc2ccccc2)CC1. The summed E-state index contributed by atoms with van der Waals surface area (Å²) >= 11 is 0. The maximum atomic E-state index is 14.1. The van der Waals surface area contributed by atoms with E-state index in [9.17, 15) is 24.5 Å². The van der Waals surface area contributed by atoms with Crippen molar-refractivity contribution in [2.45, 2.75) is 63.1 Å². The van der Waals surface area contributed by atoms with Crippen molar-refractivity contribution in [3.8, 4) is 11.8 Å². The number of fused-ring (bicyclic) bond motifs is 1. The van der Waals surface area contributed by atoms with E-state index in [-0.39, 0.29) is 23.9 Å². The van der Waals surface area contributed by atoms with Crippen LogP contribution in [-0.4, -0.2) is 80.0 Å². The third kappa shape index (κ3) is 6.69. The fourth-order valence-electron chi connectivity index (χ4n) is 5.17. The topological polar surface area (TPSA) is 204 Å². The lowest BCUT2D eigenvalue weighted by Gasteiger charge is -2.32. The normalized spacial score (nSPS) is 24.4. The second kappa shape index (κ2) is 12.9. The maximum absolute atomic E-state index is 14.1. The van der Waals surface area contributed by atoms with Crippen LogP contribution in [0.5, 0.6) is 5.75 Å². The first-order chi connectivity index (χ1) is 21.0. The van der Waals surface area contributed by atoms with Crippen LogP contribution in [-0.2, 0) is 28.2 Å². The van der Waals surface area contributed by atoms with Crippen molar-refractivity contribution < 1.29 is 37.8 Å². The fraction of sp³-hybridized carbons (Fsp3) is 0.464. The van der Waals surface area contributed by atoms with Gasteiger partial charge in [0.2, 0.25) is 11.5 Å². The number of nitrogens with one attached hydrogen (secondary N) is 1. The molecule has 2 saturated heterocycles. The molecular formula is C28H34N7O8P. The molecule has 2 fully saturated rings. The Bertz CT molecular complexity index is 1590. The summed E-state index contributed by atoms with van der Waals surface area (Å²) in [7, 11) is -4.38. The van der Waals surface area contributed by atoms with Gasteiger partial charge in [0.15, 0.2) is 5.82 Å². The number of esters is 1. The first-order valence-corrected chi connectivity index (χ1v) is 15.6. The van der Waals surface area contributed by atoms with Crippen molar-refractivity contribution in [3.63, 3.8) is 0 Å². The van der Waals surface area contributed by atoms with Crippen molar-refractivity contribution in [2.24, 2.45) is 0 Å². The molecule has 2 unspecified atom stereocenters. The third-order valence-corrected chi connectivity index (χ3v) is 9.28. The first kappa shape index (κ1) is 31.4. The van der Waals surface area contributed by atoms with Gasteiger partial charge in [0.1, 0.15) is 54.6 Å². The minimum Gasteiger partial charge on any atom is -0.461 e. The highest BCUT2D eigenvalue weighted by Gasteiger charge is 2.52. The van der Waals surface area contributed by atoms with Gasteiger partial charge in [0, 0.05) is 39.3 Å². The van der Waals surface area contributed by atoms with Gasteiger partial charge >= 0.3 is 13.7 Å². The first-order valence-electron chi connectivity index (χ1n) is 14.1. The van der Waals surface area contributed by atoms with Gasteiger partial charge in [-0.05, 0) is 31.2 Å². The van der Waals surface area contributed by atoms with Gasteiger partial charge in [-0.2, -0.15) is 15.4 Å². The molecule has 234 valence electrons. The summed E-state index contributed by atoms with van der Waals surface area (Å²) < 4.78 is 38.6. The molecule has 2 aliphatic rings. The highest BCUT2D eigenvalue weighted by Crippen LogP contribution is 2.48. The van der Waals surface area contributed by atoms with Gasteiger partial charge in [-0.25, -0.2) is 14.1 Å². The molecule has 0 aliphatic carbocycles. The van der Waals surface area contributed by atoms with Crippen LogP contribution in [0.25, 0.3) is 5.52 Å². The number of nitrogen functional groups attached to an aromatic ring is 1. The molecule has 0 radical (unpaired) electrons. The number of amides is 1. The molecule has 0 saturated carbocycles. The number of piperidine rings is 1. The Balaban J connectivity index is 1.29. The number of hydrogen-bond acceptors (Lipinski definition) is 12. The molecule has 2 aliphatic heterocycles. The van der Waals surface area contributed by atoms with E-state index in [4.69, 9.17) is 24.3 Å². The average Bonchev–Trinajstić information content (AvgIpc) is 3.59. The van der Waals surface area contributed by atoms with Crippen molar-refractivity contribution in [2.75, 3.05) is 25.4 Å². The number of carbonyl (C=O) groups excluding carboxylic acids is 2. The van der Waals surface area contributed by atoms with E-state index < -0.39 is 50.3 Å². The number of nitriles is 1. The average molecular weight is 628 g/mol. The van der Waals surface area contributed by atoms with Crippen LogP contribution in [0.3, 0.4) is 0 Å². The Morgan fingerprint density at radius 2 is 2.00 bits per heavy atom. The number of nitrogens with zero attached hydrogens (tertiary/aromatic N) is 5. The number of anilines is 1. The van der Waals surface area contributed by atoms with Gasteiger partial charge in [0.05, 0.1) is 5.69 Å². The number of aromatic nitrogens is 3. The molecule has 2 aromatic heterocycles. The molecule has 1 amide bonds. The number of nitrogens with two attached hydrogens (primary N) is 1. The van der Waals surface area contributed by atoms with E-state index in [0.29, 0.717) is 37.1 Å². The van der Waals surface area contributed by atoms with E-state index in [1.165, 1.54) is 24.7 Å². The van der Waals surface area contributed by atoms with Crippen molar-refractivity contribution in [3.05, 3.63) is 54.5 Å². The summed E-state index contributed by atoms with van der Waals surface area (Å²) in [6, 6.07) is 12.4. The molecule has 16 heteroatoms. The summed E-state index contributed by atoms with van der Waals surface area (Å²) in [6.07, 6.45) is -0.292. The van der Waals surface area contributed by atoms with Crippen LogP contribution in [0.15, 0.2) is 48.8 Å². The number of para-hydroxylation sites is 1. The van der Waals surface area contributed by atoms with Crippen LogP contribution in [0.4, 0.5) is 5.82 Å². The lowest BCUT2D eigenvalue weighted by Crippen LogP contribution is -2.44. The molecule has 5 atom stereocenters. The van der Waals surface area contributed by atoms with E-state index in [1.54, 1.807) is 47.4 Å². The van der Waals surface area contributed by atoms with Crippen LogP contribution in [0.1, 0.15) is 44.9 Å². The van der Waals surface area contributed by atoms with Crippen LogP contribution >= 0.6 is 7.75 Å². The summed E-state index contributed by atoms with van der Waals surface area (Å²) in [5.41, 5.74) is 5.05. The number of carbonyl (C=O) groups is 2. The van der Waals surface area contributed by atoms with E-state index in [0.717, 1.165) is 0 Å². The van der Waals surface area contributed by atoms with Crippen molar-refractivity contribution >= 4 is 31.0 Å². The van der Waals surface area contributed by atoms with E-state index >= 15 is 0 Å². The Morgan fingerprint density at radius 3 is 2.68 bits per heavy atom. The smallest absolute Gasteiger partial charge is 0.459 e. The second-order valence-corrected chi connectivity index (χ2v) is 12.4. The molecule has 0 bridgehead atoms. The highest BCUT2D eigenvalue weighted by molar-refractivity contribution is 7.52. The lowest BCUT2D eigenvalue weighted by atomic mass is 9.99. The molecular weight excluding hydrogens is 593 g/mol. The molecule has 44 heavy (non-hydrogen) atoms. The monoisotopic (exact) mass is 627 g/mol. The Hall–Kier alpha value is -4.06. The van der Waals surface area contributed by atoms with Crippen molar-refractivity contribution in [1.29, 1.82) is 5.26 Å². The molecule has 0 spiro atoms. The van der Waals surface area contributed by atoms with Crippen LogP contribution in [0.2, 0.25) is 0 Å². The van der Waals surface area contributed by atoms with E-state index in [2.05, 4.69) is 15.2 Å². The molecule has 4 N–H and O–H groups in total. The number of hydrogen-bond donors (Lipinski definition) is 3. The predicted molar refractivity (Wildman–Crippen MR) is 155 cm³/mol. The molecule has 3 aromatic rings. The summed E-state index contributed by atoms with van der Waals surface area (Å²) in [6.45, 7) is 3.20. The molecule has 1 aromatic carbocycles. The maximum Gasteiger partial charge on any atom is 0.459 e. The van der Waals surface area contributed by atoms with Gasteiger partial charge in [-0.1, -0.05) is 18.2 Å². The summed E-state index contributed by atoms with van der Waals surface area (Å²) in [5.74, 6) is -0.312.